The molecule has 1 aliphatic heterocycles. The van der Waals surface area contributed by atoms with E-state index in [0.29, 0.717) is 5.56 Å². The van der Waals surface area contributed by atoms with E-state index in [-0.39, 0.29) is 34.8 Å². The number of nitro groups is 1. The van der Waals surface area contributed by atoms with Crippen LogP contribution in [0.5, 0.6) is 5.88 Å². The Balaban J connectivity index is 1.91. The van der Waals surface area contributed by atoms with Crippen molar-refractivity contribution in [2.45, 2.75) is 18.5 Å². The number of benzene rings is 2. The summed E-state index contributed by atoms with van der Waals surface area (Å²) in [5.74, 6) is -1.82. The van der Waals surface area contributed by atoms with Gasteiger partial charge in [0.25, 0.3) is 5.69 Å². The van der Waals surface area contributed by atoms with E-state index in [4.69, 9.17) is 4.74 Å². The Kier molecular flexibility index (Phi) is 4.33. The van der Waals surface area contributed by atoms with Gasteiger partial charge in [-0.1, -0.05) is 30.3 Å². The highest BCUT2D eigenvalue weighted by Crippen LogP contribution is 2.46. The number of carbonyl (C=O) groups excluding carboxylic acids is 1. The minimum absolute atomic E-state index is 0.0917. The third kappa shape index (κ3) is 3.33. The number of alkyl halides is 3. The largest absolute Gasteiger partial charge is 0.416 e. The zero-order chi connectivity index (χ0) is 20.8. The number of aromatic nitrogens is 2. The highest BCUT2D eigenvalue weighted by molar-refractivity contribution is 5.81. The van der Waals surface area contributed by atoms with Crippen LogP contribution in [0.15, 0.2) is 48.5 Å². The van der Waals surface area contributed by atoms with Gasteiger partial charge in [0, 0.05) is 23.6 Å². The first kappa shape index (κ1) is 18.7. The highest BCUT2D eigenvalue weighted by atomic mass is 19.4. The lowest BCUT2D eigenvalue weighted by molar-refractivity contribution is -0.384. The van der Waals surface area contributed by atoms with Gasteiger partial charge in [-0.25, -0.2) is 0 Å². The number of aromatic amines is 1. The summed E-state index contributed by atoms with van der Waals surface area (Å²) in [5.41, 5.74) is -0.283. The number of nitrogens with one attached hydrogen (secondary N) is 1. The SMILES string of the molecule is O=C1CC(c2ccccc2C(F)(F)F)c2c(n[nH]c2-c2cccc([N+](=O)[O-])c2)O1. The lowest BCUT2D eigenvalue weighted by atomic mass is 9.83. The maximum Gasteiger partial charge on any atom is 0.416 e. The van der Waals surface area contributed by atoms with Gasteiger partial charge < -0.3 is 4.74 Å². The van der Waals surface area contributed by atoms with Crippen molar-refractivity contribution in [3.8, 4) is 17.1 Å². The van der Waals surface area contributed by atoms with Gasteiger partial charge in [0.1, 0.15) is 0 Å². The highest BCUT2D eigenvalue weighted by Gasteiger charge is 2.40. The number of hydrogen-bond acceptors (Lipinski definition) is 5. The Morgan fingerprint density at radius 2 is 1.93 bits per heavy atom. The Bertz CT molecular complexity index is 1120. The number of rotatable bonds is 3. The summed E-state index contributed by atoms with van der Waals surface area (Å²) in [6, 6.07) is 10.6. The van der Waals surface area contributed by atoms with Crippen molar-refractivity contribution < 1.29 is 27.6 Å². The fourth-order valence-electron chi connectivity index (χ4n) is 3.47. The molecule has 1 N–H and O–H groups in total. The standard InChI is InChI=1S/C19H12F3N3O4/c20-19(21,22)14-7-2-1-6-12(14)13-9-15(26)29-18-16(13)17(23-24-18)10-4-3-5-11(8-10)25(27)28/h1-8,13H,9H2,(H,23,24). The molecule has 1 unspecified atom stereocenters. The van der Waals surface area contributed by atoms with Gasteiger partial charge in [-0.05, 0) is 11.6 Å². The quantitative estimate of drug-likeness (QED) is 0.396. The van der Waals surface area contributed by atoms with Gasteiger partial charge in [0.05, 0.1) is 28.2 Å². The van der Waals surface area contributed by atoms with Crippen molar-refractivity contribution >= 4 is 11.7 Å². The van der Waals surface area contributed by atoms with Crippen LogP contribution >= 0.6 is 0 Å². The molecule has 1 aliphatic rings. The lowest BCUT2D eigenvalue weighted by Gasteiger charge is -2.25. The summed E-state index contributed by atoms with van der Waals surface area (Å²) in [4.78, 5) is 22.5. The second-order valence-corrected chi connectivity index (χ2v) is 6.44. The first-order valence-electron chi connectivity index (χ1n) is 8.45. The van der Waals surface area contributed by atoms with E-state index >= 15 is 0 Å². The van der Waals surface area contributed by atoms with E-state index in [1.807, 2.05) is 0 Å². The molecular formula is C19H12F3N3O4. The molecule has 0 aliphatic carbocycles. The van der Waals surface area contributed by atoms with Gasteiger partial charge >= 0.3 is 12.1 Å². The molecule has 1 atom stereocenters. The summed E-state index contributed by atoms with van der Waals surface area (Å²) in [5, 5.41) is 17.6. The maximum atomic E-state index is 13.6. The topological polar surface area (TPSA) is 98.1 Å². The number of nitrogens with zero attached hydrogens (tertiary/aromatic N) is 2. The summed E-state index contributed by atoms with van der Waals surface area (Å²) < 4.78 is 45.8. The molecule has 2 heterocycles. The van der Waals surface area contributed by atoms with Crippen LogP contribution in [0.4, 0.5) is 18.9 Å². The number of nitro benzene ring substituents is 1. The molecule has 1 aromatic heterocycles. The molecule has 0 radical (unpaired) electrons. The van der Waals surface area contributed by atoms with Gasteiger partial charge in [-0.3, -0.25) is 20.0 Å². The van der Waals surface area contributed by atoms with Gasteiger partial charge in [-0.2, -0.15) is 13.2 Å². The molecule has 3 aromatic rings. The van der Waals surface area contributed by atoms with Crippen LogP contribution in [0.3, 0.4) is 0 Å². The van der Waals surface area contributed by atoms with Crippen LogP contribution in [-0.4, -0.2) is 21.1 Å². The molecular weight excluding hydrogens is 391 g/mol. The molecule has 10 heteroatoms. The zero-order valence-electron chi connectivity index (χ0n) is 14.6. The van der Waals surface area contributed by atoms with Gasteiger partial charge in [-0.15, -0.1) is 5.10 Å². The van der Waals surface area contributed by atoms with Crippen molar-refractivity contribution in [2.24, 2.45) is 0 Å². The molecule has 29 heavy (non-hydrogen) atoms. The van der Waals surface area contributed by atoms with E-state index in [2.05, 4.69) is 10.2 Å². The average molecular weight is 403 g/mol. The van der Waals surface area contributed by atoms with Crippen molar-refractivity contribution in [1.82, 2.24) is 10.2 Å². The monoisotopic (exact) mass is 403 g/mol. The van der Waals surface area contributed by atoms with Crippen molar-refractivity contribution in [1.29, 1.82) is 0 Å². The van der Waals surface area contributed by atoms with E-state index in [1.54, 1.807) is 6.07 Å². The predicted molar refractivity (Wildman–Crippen MR) is 94.2 cm³/mol. The fourth-order valence-corrected chi connectivity index (χ4v) is 3.47. The molecule has 0 amide bonds. The smallest absolute Gasteiger partial charge is 0.405 e. The summed E-state index contributed by atoms with van der Waals surface area (Å²) in [6.07, 6.45) is -4.94. The Labute approximate surface area is 161 Å². The van der Waals surface area contributed by atoms with Crippen LogP contribution in [0.1, 0.15) is 29.0 Å². The Morgan fingerprint density at radius 3 is 2.66 bits per heavy atom. The fraction of sp³-hybridized carbons (Fsp3) is 0.158. The summed E-state index contributed by atoms with van der Waals surface area (Å²) in [6.45, 7) is 0. The van der Waals surface area contributed by atoms with Crippen molar-refractivity contribution in [3.05, 3.63) is 75.3 Å². The maximum absolute atomic E-state index is 13.6. The number of non-ortho nitro benzene ring substituents is 1. The molecule has 7 nitrogen and oxygen atoms in total. The summed E-state index contributed by atoms with van der Waals surface area (Å²) in [7, 11) is 0. The van der Waals surface area contributed by atoms with E-state index in [0.717, 1.165) is 6.07 Å². The van der Waals surface area contributed by atoms with Crippen LogP contribution in [0, 0.1) is 10.1 Å². The first-order chi connectivity index (χ1) is 13.8. The normalized spacial score (nSPS) is 16.2. The zero-order valence-corrected chi connectivity index (χ0v) is 14.6. The number of carbonyl (C=O) groups is 1. The predicted octanol–water partition coefficient (Wildman–Crippen LogP) is 4.44. The van der Waals surface area contributed by atoms with E-state index < -0.39 is 28.6 Å². The Morgan fingerprint density at radius 1 is 1.17 bits per heavy atom. The van der Waals surface area contributed by atoms with E-state index in [9.17, 15) is 28.1 Å². The first-order valence-corrected chi connectivity index (χ1v) is 8.45. The van der Waals surface area contributed by atoms with Crippen molar-refractivity contribution in [2.75, 3.05) is 0 Å². The van der Waals surface area contributed by atoms with Gasteiger partial charge in [0.2, 0.25) is 5.88 Å². The number of esters is 1. The summed E-state index contributed by atoms with van der Waals surface area (Å²) >= 11 is 0. The molecule has 0 fully saturated rings. The molecule has 0 spiro atoms. The number of hydrogen-bond donors (Lipinski definition) is 1. The second-order valence-electron chi connectivity index (χ2n) is 6.44. The third-order valence-corrected chi connectivity index (χ3v) is 4.69. The van der Waals surface area contributed by atoms with Gasteiger partial charge in [0.15, 0.2) is 0 Å². The van der Waals surface area contributed by atoms with Crippen molar-refractivity contribution in [3.63, 3.8) is 0 Å². The van der Waals surface area contributed by atoms with Crippen LogP contribution in [0.25, 0.3) is 11.3 Å². The molecule has 2 aromatic carbocycles. The second kappa shape index (κ2) is 6.73. The lowest BCUT2D eigenvalue weighted by Crippen LogP contribution is -2.23. The minimum Gasteiger partial charge on any atom is -0.405 e. The Hall–Kier alpha value is -3.69. The third-order valence-electron chi connectivity index (χ3n) is 4.69. The van der Waals surface area contributed by atoms with E-state index in [1.165, 1.54) is 36.4 Å². The number of ether oxygens (including phenoxy) is 1. The average Bonchev–Trinajstić information content (AvgIpc) is 3.10. The number of H-pyrrole nitrogens is 1. The minimum atomic E-state index is -4.62. The molecule has 148 valence electrons. The van der Waals surface area contributed by atoms with Crippen LogP contribution < -0.4 is 4.74 Å². The number of halogens is 3. The van der Waals surface area contributed by atoms with Crippen LogP contribution in [0.2, 0.25) is 0 Å². The molecule has 0 bridgehead atoms. The van der Waals surface area contributed by atoms with Crippen LogP contribution in [-0.2, 0) is 11.0 Å². The molecule has 4 rings (SSSR count). The molecule has 0 saturated heterocycles. The molecule has 0 saturated carbocycles. The number of fused-ring (bicyclic) bond motifs is 1.